The van der Waals surface area contributed by atoms with E-state index in [0.717, 1.165) is 16.6 Å². The molecule has 0 aliphatic heterocycles. The maximum absolute atomic E-state index is 13.6. The van der Waals surface area contributed by atoms with Crippen LogP contribution in [0.4, 0.5) is 13.9 Å². The fraction of sp³-hybridized carbons (Fsp3) is 0.308. The van der Waals surface area contributed by atoms with E-state index in [4.69, 9.17) is 5.73 Å². The SMILES string of the molecule is CC(C)c1nc(N)sc1Cc1cccc(F)c1F. The molecule has 0 spiro atoms. The molecular formula is C13H14F2N2S. The van der Waals surface area contributed by atoms with E-state index in [0.29, 0.717) is 17.1 Å². The molecule has 0 saturated carbocycles. The summed E-state index contributed by atoms with van der Waals surface area (Å²) < 4.78 is 26.7. The molecule has 2 aromatic rings. The van der Waals surface area contributed by atoms with E-state index >= 15 is 0 Å². The summed E-state index contributed by atoms with van der Waals surface area (Å²) in [4.78, 5) is 5.13. The molecule has 1 aromatic carbocycles. The topological polar surface area (TPSA) is 38.9 Å². The van der Waals surface area contributed by atoms with Crippen molar-refractivity contribution in [3.8, 4) is 0 Å². The quantitative estimate of drug-likeness (QED) is 0.921. The van der Waals surface area contributed by atoms with E-state index in [1.54, 1.807) is 6.07 Å². The molecule has 1 heterocycles. The highest BCUT2D eigenvalue weighted by Gasteiger charge is 2.16. The van der Waals surface area contributed by atoms with Crippen LogP contribution in [-0.2, 0) is 6.42 Å². The monoisotopic (exact) mass is 268 g/mol. The molecule has 5 heteroatoms. The van der Waals surface area contributed by atoms with Gasteiger partial charge in [-0.1, -0.05) is 26.0 Å². The molecule has 2 N–H and O–H groups in total. The van der Waals surface area contributed by atoms with Gasteiger partial charge in [0.2, 0.25) is 0 Å². The van der Waals surface area contributed by atoms with Crippen molar-refractivity contribution in [1.82, 2.24) is 4.98 Å². The van der Waals surface area contributed by atoms with Crippen molar-refractivity contribution >= 4 is 16.5 Å². The maximum Gasteiger partial charge on any atom is 0.180 e. The first kappa shape index (κ1) is 13.0. The van der Waals surface area contributed by atoms with Gasteiger partial charge in [-0.3, -0.25) is 0 Å². The number of nitrogen functional groups attached to an aromatic ring is 1. The second-order valence-corrected chi connectivity index (χ2v) is 5.52. The zero-order chi connectivity index (χ0) is 13.3. The van der Waals surface area contributed by atoms with Crippen molar-refractivity contribution in [1.29, 1.82) is 0 Å². The van der Waals surface area contributed by atoms with Gasteiger partial charge < -0.3 is 5.73 Å². The van der Waals surface area contributed by atoms with Gasteiger partial charge in [-0.05, 0) is 17.5 Å². The number of rotatable bonds is 3. The van der Waals surface area contributed by atoms with Gasteiger partial charge >= 0.3 is 0 Å². The van der Waals surface area contributed by atoms with Crippen molar-refractivity contribution in [2.24, 2.45) is 0 Å². The Balaban J connectivity index is 2.37. The molecule has 1 aromatic heterocycles. The highest BCUT2D eigenvalue weighted by Crippen LogP contribution is 2.29. The summed E-state index contributed by atoms with van der Waals surface area (Å²) in [6, 6.07) is 4.20. The molecule has 0 bridgehead atoms. The van der Waals surface area contributed by atoms with Gasteiger partial charge in [-0.15, -0.1) is 11.3 Å². The number of thiazole rings is 1. The lowest BCUT2D eigenvalue weighted by atomic mass is 10.0. The average molecular weight is 268 g/mol. The lowest BCUT2D eigenvalue weighted by molar-refractivity contribution is 0.501. The van der Waals surface area contributed by atoms with Gasteiger partial charge in [0.1, 0.15) is 0 Å². The van der Waals surface area contributed by atoms with Crippen molar-refractivity contribution in [2.75, 3.05) is 5.73 Å². The van der Waals surface area contributed by atoms with E-state index in [1.165, 1.54) is 17.4 Å². The average Bonchev–Trinajstić information content (AvgIpc) is 2.66. The fourth-order valence-corrected chi connectivity index (χ4v) is 2.83. The first-order valence-corrected chi connectivity index (χ1v) is 6.48. The van der Waals surface area contributed by atoms with Gasteiger partial charge in [-0.2, -0.15) is 0 Å². The number of hydrogen-bond acceptors (Lipinski definition) is 3. The molecule has 0 unspecified atom stereocenters. The summed E-state index contributed by atoms with van der Waals surface area (Å²) in [5, 5.41) is 0.463. The van der Waals surface area contributed by atoms with Gasteiger partial charge in [0.15, 0.2) is 16.8 Å². The Morgan fingerprint density at radius 2 is 2.06 bits per heavy atom. The van der Waals surface area contributed by atoms with Crippen molar-refractivity contribution in [3.63, 3.8) is 0 Å². The van der Waals surface area contributed by atoms with Crippen LogP contribution in [0, 0.1) is 11.6 Å². The minimum Gasteiger partial charge on any atom is -0.375 e. The van der Waals surface area contributed by atoms with Crippen LogP contribution in [0.1, 0.15) is 35.9 Å². The van der Waals surface area contributed by atoms with Crippen LogP contribution in [0.5, 0.6) is 0 Å². The fourth-order valence-electron chi connectivity index (χ4n) is 1.82. The first-order chi connectivity index (χ1) is 8.49. The molecular weight excluding hydrogens is 254 g/mol. The Hall–Kier alpha value is -1.49. The highest BCUT2D eigenvalue weighted by molar-refractivity contribution is 7.15. The summed E-state index contributed by atoms with van der Waals surface area (Å²) in [7, 11) is 0. The molecule has 0 fully saturated rings. The zero-order valence-corrected chi connectivity index (χ0v) is 11.0. The largest absolute Gasteiger partial charge is 0.375 e. The van der Waals surface area contributed by atoms with Crippen LogP contribution in [-0.4, -0.2) is 4.98 Å². The molecule has 0 saturated heterocycles. The molecule has 0 aliphatic carbocycles. The third-order valence-electron chi connectivity index (χ3n) is 2.67. The highest BCUT2D eigenvalue weighted by atomic mass is 32.1. The minimum absolute atomic E-state index is 0.213. The van der Waals surface area contributed by atoms with Crippen LogP contribution < -0.4 is 5.73 Å². The second-order valence-electron chi connectivity index (χ2n) is 4.40. The van der Waals surface area contributed by atoms with E-state index in [1.807, 2.05) is 13.8 Å². The van der Waals surface area contributed by atoms with E-state index in [2.05, 4.69) is 4.98 Å². The van der Waals surface area contributed by atoms with Crippen molar-refractivity contribution in [3.05, 3.63) is 46.0 Å². The first-order valence-electron chi connectivity index (χ1n) is 5.67. The standard InChI is InChI=1S/C13H14F2N2S/c1-7(2)12-10(18-13(16)17-12)6-8-4-3-5-9(14)11(8)15/h3-5,7H,6H2,1-2H3,(H2,16,17). The Morgan fingerprint density at radius 3 is 2.72 bits per heavy atom. The predicted molar refractivity (Wildman–Crippen MR) is 69.8 cm³/mol. The van der Waals surface area contributed by atoms with E-state index < -0.39 is 11.6 Å². The Morgan fingerprint density at radius 1 is 1.33 bits per heavy atom. The van der Waals surface area contributed by atoms with Gasteiger partial charge in [0.25, 0.3) is 0 Å². The molecule has 0 atom stereocenters. The molecule has 2 rings (SSSR count). The van der Waals surface area contributed by atoms with Gasteiger partial charge in [-0.25, -0.2) is 13.8 Å². The number of benzene rings is 1. The van der Waals surface area contributed by atoms with Gasteiger partial charge in [0.05, 0.1) is 5.69 Å². The Labute approximate surface area is 108 Å². The van der Waals surface area contributed by atoms with Crippen LogP contribution >= 0.6 is 11.3 Å². The van der Waals surface area contributed by atoms with Crippen molar-refractivity contribution < 1.29 is 8.78 Å². The third kappa shape index (κ3) is 2.51. The predicted octanol–water partition coefficient (Wildman–Crippen LogP) is 3.72. The third-order valence-corrected chi connectivity index (χ3v) is 3.57. The van der Waals surface area contributed by atoms with Crippen LogP contribution in [0.15, 0.2) is 18.2 Å². The molecule has 2 nitrogen and oxygen atoms in total. The van der Waals surface area contributed by atoms with Crippen molar-refractivity contribution in [2.45, 2.75) is 26.2 Å². The number of anilines is 1. The van der Waals surface area contributed by atoms with E-state index in [9.17, 15) is 8.78 Å². The molecule has 0 aliphatic rings. The number of aromatic nitrogens is 1. The summed E-state index contributed by atoms with van der Waals surface area (Å²) in [6.07, 6.45) is 0.325. The lowest BCUT2D eigenvalue weighted by Crippen LogP contribution is -1.98. The molecule has 0 amide bonds. The lowest BCUT2D eigenvalue weighted by Gasteiger charge is -2.06. The second kappa shape index (κ2) is 5.02. The number of halogens is 2. The summed E-state index contributed by atoms with van der Waals surface area (Å²) in [5.74, 6) is -1.40. The summed E-state index contributed by atoms with van der Waals surface area (Å²) in [6.45, 7) is 4.00. The summed E-state index contributed by atoms with van der Waals surface area (Å²) in [5.41, 5.74) is 6.87. The maximum atomic E-state index is 13.6. The van der Waals surface area contributed by atoms with Crippen LogP contribution in [0.3, 0.4) is 0 Å². The Kier molecular flexibility index (Phi) is 3.61. The number of nitrogens with zero attached hydrogens (tertiary/aromatic N) is 1. The Bertz CT molecular complexity index is 564. The van der Waals surface area contributed by atoms with Gasteiger partial charge in [0, 0.05) is 11.3 Å². The minimum atomic E-state index is -0.823. The van der Waals surface area contributed by atoms with E-state index in [-0.39, 0.29) is 5.92 Å². The number of hydrogen-bond donors (Lipinski definition) is 1. The normalized spacial score (nSPS) is 11.2. The van der Waals surface area contributed by atoms with Crippen LogP contribution in [0.2, 0.25) is 0 Å². The zero-order valence-electron chi connectivity index (χ0n) is 10.2. The van der Waals surface area contributed by atoms with Crippen LogP contribution in [0.25, 0.3) is 0 Å². The molecule has 96 valence electrons. The summed E-state index contributed by atoms with van der Waals surface area (Å²) >= 11 is 1.33. The molecule has 18 heavy (non-hydrogen) atoms. The molecule has 0 radical (unpaired) electrons. The number of nitrogens with two attached hydrogens (primary N) is 1. The smallest absolute Gasteiger partial charge is 0.180 e.